The number of aliphatic hydroxyl groups is 1. The van der Waals surface area contributed by atoms with Gasteiger partial charge in [-0.15, -0.1) is 0 Å². The zero-order chi connectivity index (χ0) is 23.3. The molecule has 0 aromatic heterocycles. The number of hydrogen-bond acceptors (Lipinski definition) is 7. The van der Waals surface area contributed by atoms with Crippen molar-refractivity contribution < 1.29 is 28.9 Å². The Morgan fingerprint density at radius 1 is 1.28 bits per heavy atom. The molecule has 4 atom stereocenters. The summed E-state index contributed by atoms with van der Waals surface area (Å²) in [7, 11) is 0. The molecule has 3 aliphatic heterocycles. The van der Waals surface area contributed by atoms with Crippen LogP contribution in [0.25, 0.3) is 0 Å². The molecule has 1 aromatic rings. The van der Waals surface area contributed by atoms with E-state index < -0.39 is 41.7 Å². The van der Waals surface area contributed by atoms with E-state index in [4.69, 9.17) is 14.2 Å². The normalized spacial score (nSPS) is 30.8. The topological polar surface area (TPSA) is 88.5 Å². The third-order valence-corrected chi connectivity index (χ3v) is 6.84. The summed E-state index contributed by atoms with van der Waals surface area (Å²) < 4.78 is 17.2. The van der Waals surface area contributed by atoms with Crippen molar-refractivity contribution in [3.8, 4) is 0 Å². The molecule has 4 rings (SSSR count). The van der Waals surface area contributed by atoms with Gasteiger partial charge in [-0.25, -0.2) is 14.5 Å². The zero-order valence-corrected chi connectivity index (χ0v) is 19.5. The van der Waals surface area contributed by atoms with Gasteiger partial charge in [0, 0.05) is 12.0 Å². The summed E-state index contributed by atoms with van der Waals surface area (Å²) in [6.45, 7) is 10.4. The molecule has 3 fully saturated rings. The van der Waals surface area contributed by atoms with Crippen molar-refractivity contribution in [3.05, 3.63) is 35.9 Å². The Bertz CT molecular complexity index is 867. The SMILES string of the molecule is CC(C)(C)[C@H]1OC(=O)[C@]2([C@@H](O)[C@@H]3COC(C)(C)N3C(=O)OCc3ccccc3)CCCN12. The van der Waals surface area contributed by atoms with Gasteiger partial charge in [-0.05, 0) is 32.3 Å². The van der Waals surface area contributed by atoms with Crippen molar-refractivity contribution >= 4 is 12.1 Å². The quantitative estimate of drug-likeness (QED) is 0.712. The van der Waals surface area contributed by atoms with Gasteiger partial charge in [-0.1, -0.05) is 51.1 Å². The van der Waals surface area contributed by atoms with Gasteiger partial charge in [-0.2, -0.15) is 0 Å². The Hall–Kier alpha value is -2.16. The molecular weight excluding hydrogens is 412 g/mol. The average Bonchev–Trinajstić information content (AvgIpc) is 3.38. The van der Waals surface area contributed by atoms with Gasteiger partial charge < -0.3 is 19.3 Å². The largest absolute Gasteiger partial charge is 0.444 e. The lowest BCUT2D eigenvalue weighted by Crippen LogP contribution is -2.64. The fourth-order valence-electron chi connectivity index (χ4n) is 5.29. The van der Waals surface area contributed by atoms with Crippen LogP contribution in [0.5, 0.6) is 0 Å². The number of benzene rings is 1. The number of amides is 1. The molecule has 8 heteroatoms. The van der Waals surface area contributed by atoms with Gasteiger partial charge in [0.2, 0.25) is 0 Å². The van der Waals surface area contributed by atoms with E-state index >= 15 is 0 Å². The third kappa shape index (κ3) is 3.68. The van der Waals surface area contributed by atoms with Crippen LogP contribution in [0.1, 0.15) is 53.0 Å². The fraction of sp³-hybridized carbons (Fsp3) is 0.667. The standard InChI is InChI=1S/C24H34N2O6/c1-22(2,3)19-25-13-9-12-24(25,20(28)32-19)18(27)17-15-31-23(4,5)26(17)21(29)30-14-16-10-7-6-8-11-16/h6-8,10-11,17-19,27H,9,12-15H2,1-5H3/t17-,18-,19+,24+/m0/s1. The molecule has 0 unspecified atom stereocenters. The Balaban J connectivity index is 1.58. The van der Waals surface area contributed by atoms with Gasteiger partial charge >= 0.3 is 12.1 Å². The molecule has 3 aliphatic rings. The number of fused-ring (bicyclic) bond motifs is 1. The monoisotopic (exact) mass is 446 g/mol. The highest BCUT2D eigenvalue weighted by molar-refractivity contribution is 5.85. The molecule has 0 bridgehead atoms. The van der Waals surface area contributed by atoms with Crippen molar-refractivity contribution in [2.24, 2.45) is 5.41 Å². The number of esters is 1. The summed E-state index contributed by atoms with van der Waals surface area (Å²) >= 11 is 0. The second-order valence-corrected chi connectivity index (χ2v) is 10.5. The van der Waals surface area contributed by atoms with Gasteiger partial charge in [-0.3, -0.25) is 4.90 Å². The first-order valence-corrected chi connectivity index (χ1v) is 11.3. The number of carbonyl (C=O) groups is 2. The van der Waals surface area contributed by atoms with Crippen LogP contribution >= 0.6 is 0 Å². The number of ether oxygens (including phenoxy) is 3. The minimum Gasteiger partial charge on any atom is -0.444 e. The summed E-state index contributed by atoms with van der Waals surface area (Å²) in [5, 5.41) is 11.6. The van der Waals surface area contributed by atoms with Gasteiger partial charge in [0.05, 0.1) is 12.6 Å². The second-order valence-electron chi connectivity index (χ2n) is 10.5. The molecule has 1 N–H and O–H groups in total. The Labute approximate surface area is 189 Å². The highest BCUT2D eigenvalue weighted by Gasteiger charge is 2.67. The zero-order valence-electron chi connectivity index (χ0n) is 19.5. The van der Waals surface area contributed by atoms with Crippen molar-refractivity contribution in [3.63, 3.8) is 0 Å². The molecule has 1 aromatic carbocycles. The average molecular weight is 447 g/mol. The van der Waals surface area contributed by atoms with E-state index in [1.807, 2.05) is 56.0 Å². The summed E-state index contributed by atoms with van der Waals surface area (Å²) in [6.07, 6.45) is -0.936. The smallest absolute Gasteiger partial charge is 0.412 e. The molecule has 0 saturated carbocycles. The molecule has 0 radical (unpaired) electrons. The van der Waals surface area contributed by atoms with Crippen molar-refractivity contribution in [1.82, 2.24) is 9.80 Å². The van der Waals surface area contributed by atoms with Crippen molar-refractivity contribution in [2.45, 2.75) is 83.7 Å². The van der Waals surface area contributed by atoms with Crippen molar-refractivity contribution in [2.75, 3.05) is 13.2 Å². The number of hydrogen-bond donors (Lipinski definition) is 1. The first-order chi connectivity index (χ1) is 15.0. The lowest BCUT2D eigenvalue weighted by molar-refractivity contribution is -0.152. The Morgan fingerprint density at radius 2 is 1.97 bits per heavy atom. The highest BCUT2D eigenvalue weighted by Crippen LogP contribution is 2.48. The molecule has 0 spiro atoms. The van der Waals surface area contributed by atoms with E-state index in [1.54, 1.807) is 13.8 Å². The van der Waals surface area contributed by atoms with E-state index in [9.17, 15) is 14.7 Å². The molecule has 1 amide bonds. The summed E-state index contributed by atoms with van der Waals surface area (Å²) in [5.74, 6) is -0.426. The second kappa shape index (κ2) is 8.01. The van der Waals surface area contributed by atoms with Gasteiger partial charge in [0.15, 0.2) is 11.8 Å². The summed E-state index contributed by atoms with van der Waals surface area (Å²) in [5.41, 5.74) is -1.61. The Kier molecular flexibility index (Phi) is 5.76. The first kappa shape index (κ1) is 23.0. The number of carbonyl (C=O) groups excluding carboxylic acids is 2. The van der Waals surface area contributed by atoms with Crippen LogP contribution in [0, 0.1) is 5.41 Å². The summed E-state index contributed by atoms with van der Waals surface area (Å²) in [6, 6.07) is 8.67. The lowest BCUT2D eigenvalue weighted by atomic mass is 9.84. The van der Waals surface area contributed by atoms with Crippen LogP contribution in [0.3, 0.4) is 0 Å². The van der Waals surface area contributed by atoms with E-state index in [0.29, 0.717) is 13.0 Å². The number of aliphatic hydroxyl groups excluding tert-OH is 1. The lowest BCUT2D eigenvalue weighted by Gasteiger charge is -2.42. The summed E-state index contributed by atoms with van der Waals surface area (Å²) in [4.78, 5) is 29.7. The highest BCUT2D eigenvalue weighted by atomic mass is 16.6. The molecular formula is C24H34N2O6. The van der Waals surface area contributed by atoms with E-state index in [0.717, 1.165) is 12.0 Å². The number of cyclic esters (lactones) is 1. The van der Waals surface area contributed by atoms with E-state index in [1.165, 1.54) is 4.90 Å². The minimum absolute atomic E-state index is 0.109. The molecule has 3 saturated heterocycles. The van der Waals surface area contributed by atoms with Crippen LogP contribution in [0.15, 0.2) is 30.3 Å². The maximum atomic E-state index is 13.2. The molecule has 176 valence electrons. The minimum atomic E-state index is -1.19. The number of nitrogens with zero attached hydrogens (tertiary/aromatic N) is 2. The van der Waals surface area contributed by atoms with Crippen LogP contribution in [0.4, 0.5) is 4.79 Å². The molecule has 3 heterocycles. The van der Waals surface area contributed by atoms with E-state index in [-0.39, 0.29) is 18.6 Å². The van der Waals surface area contributed by atoms with Crippen LogP contribution in [-0.2, 0) is 25.6 Å². The third-order valence-electron chi connectivity index (χ3n) is 6.84. The van der Waals surface area contributed by atoms with Crippen LogP contribution in [0.2, 0.25) is 0 Å². The first-order valence-electron chi connectivity index (χ1n) is 11.3. The fourth-order valence-corrected chi connectivity index (χ4v) is 5.29. The molecule has 0 aliphatic carbocycles. The Morgan fingerprint density at radius 3 is 2.62 bits per heavy atom. The van der Waals surface area contributed by atoms with E-state index in [2.05, 4.69) is 0 Å². The van der Waals surface area contributed by atoms with Gasteiger partial charge in [0.25, 0.3) is 0 Å². The predicted octanol–water partition coefficient (Wildman–Crippen LogP) is 2.88. The molecule has 8 nitrogen and oxygen atoms in total. The van der Waals surface area contributed by atoms with Crippen LogP contribution < -0.4 is 0 Å². The van der Waals surface area contributed by atoms with Crippen molar-refractivity contribution in [1.29, 1.82) is 0 Å². The maximum Gasteiger partial charge on any atom is 0.412 e. The number of rotatable bonds is 4. The predicted molar refractivity (Wildman–Crippen MR) is 116 cm³/mol. The molecule has 32 heavy (non-hydrogen) atoms. The van der Waals surface area contributed by atoms with Gasteiger partial charge in [0.1, 0.15) is 18.4 Å². The van der Waals surface area contributed by atoms with Crippen LogP contribution in [-0.4, -0.2) is 69.8 Å². The maximum absolute atomic E-state index is 13.2.